The first-order valence-corrected chi connectivity index (χ1v) is 7.43. The Morgan fingerprint density at radius 1 is 0.905 bits per heavy atom. The normalized spacial score (nSPS) is 11.0. The second-order valence-electron chi connectivity index (χ2n) is 5.89. The maximum Gasteiger partial charge on any atom is 0.136 e. The van der Waals surface area contributed by atoms with Crippen LogP contribution in [0.2, 0.25) is 0 Å². The van der Waals surface area contributed by atoms with Gasteiger partial charge in [-0.15, -0.1) is 0 Å². The number of aromatic nitrogens is 2. The maximum absolute atomic E-state index is 4.43. The van der Waals surface area contributed by atoms with Crippen molar-refractivity contribution >= 4 is 17.3 Å². The molecule has 1 aromatic heterocycles. The van der Waals surface area contributed by atoms with E-state index < -0.39 is 0 Å². The molecule has 0 atom stereocenters. The molecule has 21 heavy (non-hydrogen) atoms. The number of hydrogen-bond acceptors (Lipinski definition) is 4. The Morgan fingerprint density at radius 2 is 1.52 bits per heavy atom. The Kier molecular flexibility index (Phi) is 4.78. The summed E-state index contributed by atoms with van der Waals surface area (Å²) in [5.74, 6) is 2.95. The molecule has 4 nitrogen and oxygen atoms in total. The molecule has 0 saturated heterocycles. The highest BCUT2D eigenvalue weighted by atomic mass is 15.1. The lowest BCUT2D eigenvalue weighted by atomic mass is 10.0. The molecule has 112 valence electrons. The van der Waals surface area contributed by atoms with Crippen LogP contribution in [-0.2, 0) is 0 Å². The SMILES string of the molecule is Cc1nc(Nc2ccc(C(C)C)cc2)cc(NC(C)C)n1. The summed E-state index contributed by atoms with van der Waals surface area (Å²) in [4.78, 5) is 8.82. The zero-order valence-electron chi connectivity index (χ0n) is 13.4. The van der Waals surface area contributed by atoms with Crippen molar-refractivity contribution in [3.63, 3.8) is 0 Å². The van der Waals surface area contributed by atoms with Gasteiger partial charge in [0.25, 0.3) is 0 Å². The molecule has 2 N–H and O–H groups in total. The summed E-state index contributed by atoms with van der Waals surface area (Å²) in [7, 11) is 0. The van der Waals surface area contributed by atoms with Crippen molar-refractivity contribution in [1.82, 2.24) is 9.97 Å². The van der Waals surface area contributed by atoms with E-state index in [2.05, 4.69) is 72.6 Å². The van der Waals surface area contributed by atoms with Gasteiger partial charge in [0, 0.05) is 17.8 Å². The van der Waals surface area contributed by atoms with Crippen molar-refractivity contribution in [2.45, 2.75) is 46.6 Å². The molecule has 1 heterocycles. The van der Waals surface area contributed by atoms with Crippen LogP contribution in [0.3, 0.4) is 0 Å². The Hall–Kier alpha value is -2.10. The lowest BCUT2D eigenvalue weighted by Gasteiger charge is -2.13. The van der Waals surface area contributed by atoms with Gasteiger partial charge in [-0.05, 0) is 44.4 Å². The van der Waals surface area contributed by atoms with Crippen LogP contribution in [0.15, 0.2) is 30.3 Å². The predicted molar refractivity (Wildman–Crippen MR) is 89.3 cm³/mol. The topological polar surface area (TPSA) is 49.8 Å². The first kappa shape index (κ1) is 15.3. The van der Waals surface area contributed by atoms with Crippen molar-refractivity contribution in [2.75, 3.05) is 10.6 Å². The molecule has 0 unspecified atom stereocenters. The highest BCUT2D eigenvalue weighted by molar-refractivity contribution is 5.59. The zero-order chi connectivity index (χ0) is 15.4. The third-order valence-corrected chi connectivity index (χ3v) is 3.12. The van der Waals surface area contributed by atoms with E-state index in [9.17, 15) is 0 Å². The largest absolute Gasteiger partial charge is 0.368 e. The third-order valence-electron chi connectivity index (χ3n) is 3.12. The predicted octanol–water partition coefficient (Wildman–Crippen LogP) is 4.47. The van der Waals surface area contributed by atoms with E-state index in [0.29, 0.717) is 12.0 Å². The number of rotatable bonds is 5. The van der Waals surface area contributed by atoms with Crippen molar-refractivity contribution in [2.24, 2.45) is 0 Å². The molecule has 0 bridgehead atoms. The Balaban J connectivity index is 2.16. The average Bonchev–Trinajstić information content (AvgIpc) is 2.37. The molecule has 4 heteroatoms. The van der Waals surface area contributed by atoms with E-state index in [1.54, 1.807) is 0 Å². The number of nitrogens with one attached hydrogen (secondary N) is 2. The van der Waals surface area contributed by atoms with Crippen LogP contribution in [0.1, 0.15) is 45.0 Å². The molecular formula is C17H24N4. The Labute approximate surface area is 127 Å². The minimum atomic E-state index is 0.345. The van der Waals surface area contributed by atoms with Crippen molar-refractivity contribution in [3.05, 3.63) is 41.7 Å². The Bertz CT molecular complexity index is 588. The molecule has 0 spiro atoms. The second-order valence-corrected chi connectivity index (χ2v) is 5.89. The molecule has 2 rings (SSSR count). The quantitative estimate of drug-likeness (QED) is 0.850. The highest BCUT2D eigenvalue weighted by Crippen LogP contribution is 2.21. The zero-order valence-corrected chi connectivity index (χ0v) is 13.4. The standard InChI is InChI=1S/C17H24N4/c1-11(2)14-6-8-15(9-7-14)21-17-10-16(18-12(3)4)19-13(5)20-17/h6-12H,1-5H3,(H2,18,19,20,21). The van der Waals surface area contributed by atoms with Gasteiger partial charge in [0.05, 0.1) is 0 Å². The number of hydrogen-bond donors (Lipinski definition) is 2. The van der Waals surface area contributed by atoms with Crippen molar-refractivity contribution < 1.29 is 0 Å². The summed E-state index contributed by atoms with van der Waals surface area (Å²) in [6.07, 6.45) is 0. The first-order chi connectivity index (χ1) is 9.94. The van der Waals surface area contributed by atoms with E-state index in [-0.39, 0.29) is 0 Å². The average molecular weight is 284 g/mol. The van der Waals surface area contributed by atoms with Crippen LogP contribution in [0, 0.1) is 6.92 Å². The summed E-state index contributed by atoms with van der Waals surface area (Å²) >= 11 is 0. The van der Waals surface area contributed by atoms with E-state index in [0.717, 1.165) is 23.1 Å². The third kappa shape index (κ3) is 4.45. The smallest absolute Gasteiger partial charge is 0.136 e. The molecule has 0 amide bonds. The van der Waals surface area contributed by atoms with Gasteiger partial charge in [0.2, 0.25) is 0 Å². The van der Waals surface area contributed by atoms with E-state index in [1.807, 2.05) is 13.0 Å². The lowest BCUT2D eigenvalue weighted by Crippen LogP contribution is -2.12. The fourth-order valence-corrected chi connectivity index (χ4v) is 2.10. The van der Waals surface area contributed by atoms with Gasteiger partial charge in [-0.25, -0.2) is 9.97 Å². The van der Waals surface area contributed by atoms with Crippen LogP contribution < -0.4 is 10.6 Å². The molecule has 0 aliphatic heterocycles. The van der Waals surface area contributed by atoms with Crippen LogP contribution in [0.5, 0.6) is 0 Å². The van der Waals surface area contributed by atoms with Crippen LogP contribution in [-0.4, -0.2) is 16.0 Å². The summed E-state index contributed by atoms with van der Waals surface area (Å²) in [5.41, 5.74) is 2.37. The molecule has 1 aromatic carbocycles. The first-order valence-electron chi connectivity index (χ1n) is 7.43. The van der Waals surface area contributed by atoms with Gasteiger partial charge >= 0.3 is 0 Å². The number of benzene rings is 1. The van der Waals surface area contributed by atoms with Gasteiger partial charge in [0.15, 0.2) is 0 Å². The van der Waals surface area contributed by atoms with Crippen LogP contribution in [0.4, 0.5) is 17.3 Å². The van der Waals surface area contributed by atoms with E-state index in [4.69, 9.17) is 0 Å². The molecule has 0 fully saturated rings. The maximum atomic E-state index is 4.43. The van der Waals surface area contributed by atoms with Crippen LogP contribution in [0.25, 0.3) is 0 Å². The van der Waals surface area contributed by atoms with E-state index in [1.165, 1.54) is 5.56 Å². The number of aryl methyl sites for hydroxylation is 1. The monoisotopic (exact) mass is 284 g/mol. The fraction of sp³-hybridized carbons (Fsp3) is 0.412. The number of anilines is 3. The second kappa shape index (κ2) is 6.57. The fourth-order valence-electron chi connectivity index (χ4n) is 2.10. The molecule has 2 aromatic rings. The summed E-state index contributed by atoms with van der Waals surface area (Å²) in [6, 6.07) is 10.7. The molecule has 0 aliphatic carbocycles. The molecule has 0 aliphatic rings. The molecular weight excluding hydrogens is 260 g/mol. The molecule has 0 radical (unpaired) electrons. The van der Waals surface area contributed by atoms with Gasteiger partial charge in [-0.3, -0.25) is 0 Å². The summed E-state index contributed by atoms with van der Waals surface area (Å²) < 4.78 is 0. The minimum Gasteiger partial charge on any atom is -0.368 e. The van der Waals surface area contributed by atoms with Gasteiger partial charge in [-0.1, -0.05) is 26.0 Å². The van der Waals surface area contributed by atoms with Gasteiger partial charge in [0.1, 0.15) is 17.5 Å². The summed E-state index contributed by atoms with van der Waals surface area (Å²) in [6.45, 7) is 10.5. The van der Waals surface area contributed by atoms with E-state index >= 15 is 0 Å². The highest BCUT2D eigenvalue weighted by Gasteiger charge is 2.04. The Morgan fingerprint density at radius 3 is 2.10 bits per heavy atom. The van der Waals surface area contributed by atoms with Gasteiger partial charge < -0.3 is 10.6 Å². The number of nitrogens with zero attached hydrogens (tertiary/aromatic N) is 2. The molecule has 0 saturated carbocycles. The minimum absolute atomic E-state index is 0.345. The summed E-state index contributed by atoms with van der Waals surface area (Å²) in [5, 5.41) is 6.64. The van der Waals surface area contributed by atoms with Crippen molar-refractivity contribution in [3.8, 4) is 0 Å². The van der Waals surface area contributed by atoms with Gasteiger partial charge in [-0.2, -0.15) is 0 Å². The van der Waals surface area contributed by atoms with Crippen LogP contribution >= 0.6 is 0 Å². The lowest BCUT2D eigenvalue weighted by molar-refractivity contribution is 0.867. The van der Waals surface area contributed by atoms with Crippen molar-refractivity contribution in [1.29, 1.82) is 0 Å².